The van der Waals surface area contributed by atoms with Crippen LogP contribution in [0.15, 0.2) is 66.9 Å². The predicted octanol–water partition coefficient (Wildman–Crippen LogP) is 2.79. The normalized spacial score (nSPS) is 20.5. The van der Waals surface area contributed by atoms with Crippen molar-refractivity contribution in [1.82, 2.24) is 14.8 Å². The van der Waals surface area contributed by atoms with Crippen molar-refractivity contribution in [1.29, 1.82) is 0 Å². The van der Waals surface area contributed by atoms with Gasteiger partial charge in [0.15, 0.2) is 0 Å². The van der Waals surface area contributed by atoms with Crippen LogP contribution in [0.25, 0.3) is 5.76 Å². The number of likely N-dealkylation sites (tertiary alicyclic amines) is 1. The van der Waals surface area contributed by atoms with Gasteiger partial charge < -0.3 is 19.5 Å². The van der Waals surface area contributed by atoms with Crippen LogP contribution in [-0.2, 0) is 14.3 Å². The third-order valence-electron chi connectivity index (χ3n) is 5.98. The number of carbonyl (C=O) groups excluding carboxylic acids is 2. The van der Waals surface area contributed by atoms with Gasteiger partial charge in [0.2, 0.25) is 0 Å². The van der Waals surface area contributed by atoms with Crippen LogP contribution in [0, 0.1) is 0 Å². The highest BCUT2D eigenvalue weighted by atomic mass is 16.5. The van der Waals surface area contributed by atoms with Crippen molar-refractivity contribution >= 4 is 17.4 Å². The summed E-state index contributed by atoms with van der Waals surface area (Å²) in [7, 11) is 0. The van der Waals surface area contributed by atoms with E-state index in [1.54, 1.807) is 48.7 Å². The highest BCUT2D eigenvalue weighted by Gasteiger charge is 2.46. The Labute approximate surface area is 199 Å². The second-order valence-corrected chi connectivity index (χ2v) is 8.18. The summed E-state index contributed by atoms with van der Waals surface area (Å²) in [5.41, 5.74) is 1.02. The molecule has 1 N–H and O–H groups in total. The average molecular weight is 464 g/mol. The Hall–Kier alpha value is -3.49. The molecule has 2 fully saturated rings. The quantitative estimate of drug-likeness (QED) is 0.265. The Bertz CT molecular complexity index is 1050. The second-order valence-electron chi connectivity index (χ2n) is 8.18. The number of aliphatic hydroxyl groups is 1. The number of nitrogens with zero attached hydrogens (tertiary/aromatic N) is 3. The van der Waals surface area contributed by atoms with Gasteiger partial charge in [0.25, 0.3) is 11.7 Å². The molecule has 0 spiro atoms. The molecule has 0 unspecified atom stereocenters. The summed E-state index contributed by atoms with van der Waals surface area (Å²) in [6, 6.07) is 11.3. The number of pyridine rings is 1. The molecule has 8 heteroatoms. The maximum atomic E-state index is 13.1. The van der Waals surface area contributed by atoms with Gasteiger partial charge in [-0.2, -0.15) is 0 Å². The fourth-order valence-electron chi connectivity index (χ4n) is 4.26. The molecule has 0 bridgehead atoms. The first-order chi connectivity index (χ1) is 16.6. The van der Waals surface area contributed by atoms with E-state index in [0.29, 0.717) is 49.8 Å². The molecule has 3 heterocycles. The van der Waals surface area contributed by atoms with Gasteiger partial charge in [-0.25, -0.2) is 0 Å². The van der Waals surface area contributed by atoms with Crippen molar-refractivity contribution in [2.24, 2.45) is 0 Å². The summed E-state index contributed by atoms with van der Waals surface area (Å²) in [5, 5.41) is 11.1. The van der Waals surface area contributed by atoms with Gasteiger partial charge in [-0.05, 0) is 42.8 Å². The summed E-state index contributed by atoms with van der Waals surface area (Å²) in [6.07, 6.45) is 3.96. The van der Waals surface area contributed by atoms with E-state index in [1.807, 2.05) is 6.07 Å². The minimum Gasteiger partial charge on any atom is -0.507 e. The Balaban J connectivity index is 1.61. The average Bonchev–Trinajstić information content (AvgIpc) is 3.13. The Morgan fingerprint density at radius 3 is 2.59 bits per heavy atom. The van der Waals surface area contributed by atoms with Crippen LogP contribution in [0.4, 0.5) is 0 Å². The van der Waals surface area contributed by atoms with E-state index in [9.17, 15) is 14.7 Å². The highest BCUT2D eigenvalue weighted by molar-refractivity contribution is 6.46. The van der Waals surface area contributed by atoms with Gasteiger partial charge in [-0.1, -0.05) is 18.7 Å². The first-order valence-corrected chi connectivity index (χ1v) is 11.4. The molecule has 0 saturated carbocycles. The van der Waals surface area contributed by atoms with Crippen LogP contribution in [0.5, 0.6) is 5.75 Å². The number of rotatable bonds is 9. The summed E-state index contributed by atoms with van der Waals surface area (Å²) < 4.78 is 10.9. The van der Waals surface area contributed by atoms with Gasteiger partial charge in [-0.15, -0.1) is 0 Å². The van der Waals surface area contributed by atoms with Gasteiger partial charge in [0, 0.05) is 37.9 Å². The lowest BCUT2D eigenvalue weighted by atomic mass is 9.98. The number of aliphatic hydroxyl groups excluding tert-OH is 1. The van der Waals surface area contributed by atoms with E-state index >= 15 is 0 Å². The maximum absolute atomic E-state index is 13.1. The SMILES string of the molecule is C=CCOc1ccc(/C(O)=C2\C(=O)C(=O)N(CCCN3CCOCC3)[C@H]2c2ccccn2)cc1. The molecule has 2 aromatic rings. The minimum atomic E-state index is -0.748. The monoisotopic (exact) mass is 463 g/mol. The number of benzene rings is 1. The predicted molar refractivity (Wildman–Crippen MR) is 127 cm³/mol. The molecule has 1 atom stereocenters. The summed E-state index contributed by atoms with van der Waals surface area (Å²) in [6.45, 7) is 8.29. The number of aromatic nitrogens is 1. The molecule has 2 aliphatic heterocycles. The zero-order valence-electron chi connectivity index (χ0n) is 19.1. The van der Waals surface area contributed by atoms with Gasteiger partial charge in [-0.3, -0.25) is 19.5 Å². The molecule has 0 radical (unpaired) electrons. The number of ether oxygens (including phenoxy) is 2. The van der Waals surface area contributed by atoms with Crippen LogP contribution in [0.3, 0.4) is 0 Å². The number of hydrogen-bond acceptors (Lipinski definition) is 7. The van der Waals surface area contributed by atoms with Crippen molar-refractivity contribution < 1.29 is 24.2 Å². The fraction of sp³-hybridized carbons (Fsp3) is 0.346. The molecule has 0 aliphatic carbocycles. The van der Waals surface area contributed by atoms with E-state index in [-0.39, 0.29) is 11.3 Å². The van der Waals surface area contributed by atoms with Crippen molar-refractivity contribution in [3.63, 3.8) is 0 Å². The molecule has 178 valence electrons. The van der Waals surface area contributed by atoms with E-state index in [0.717, 1.165) is 19.6 Å². The lowest BCUT2D eigenvalue weighted by molar-refractivity contribution is -0.140. The number of ketones is 1. The van der Waals surface area contributed by atoms with Crippen LogP contribution in [0.2, 0.25) is 0 Å². The molecule has 34 heavy (non-hydrogen) atoms. The second kappa shape index (κ2) is 11.1. The maximum Gasteiger partial charge on any atom is 0.295 e. The Morgan fingerprint density at radius 2 is 1.91 bits per heavy atom. The molecule has 4 rings (SSSR count). The van der Waals surface area contributed by atoms with Crippen LogP contribution in [-0.4, -0.2) is 77.6 Å². The van der Waals surface area contributed by atoms with Crippen molar-refractivity contribution in [3.05, 3.63) is 78.1 Å². The minimum absolute atomic E-state index is 0.0508. The van der Waals surface area contributed by atoms with Crippen LogP contribution < -0.4 is 4.74 Å². The van der Waals surface area contributed by atoms with Crippen molar-refractivity contribution in [2.75, 3.05) is 46.0 Å². The lowest BCUT2D eigenvalue weighted by Crippen LogP contribution is -2.39. The first-order valence-electron chi connectivity index (χ1n) is 11.4. The third-order valence-corrected chi connectivity index (χ3v) is 5.98. The van der Waals surface area contributed by atoms with E-state index in [1.165, 1.54) is 4.90 Å². The summed E-state index contributed by atoms with van der Waals surface area (Å²) >= 11 is 0. The standard InChI is InChI=1S/C26H29N3O5/c1-2-16-34-20-9-7-19(8-10-20)24(30)22-23(21-6-3-4-11-27-21)29(26(32)25(22)31)13-5-12-28-14-17-33-18-15-28/h2-4,6-11,23,30H,1,5,12-18H2/b24-22+/t23-/m0/s1. The number of morpholine rings is 1. The largest absolute Gasteiger partial charge is 0.507 e. The number of carbonyl (C=O) groups is 2. The molecule has 2 aliphatic rings. The van der Waals surface area contributed by atoms with Gasteiger partial charge in [0.05, 0.1) is 24.5 Å². The summed E-state index contributed by atoms with van der Waals surface area (Å²) in [5.74, 6) is -0.933. The van der Waals surface area contributed by atoms with E-state index < -0.39 is 17.7 Å². The van der Waals surface area contributed by atoms with E-state index in [2.05, 4.69) is 16.5 Å². The fourth-order valence-corrected chi connectivity index (χ4v) is 4.26. The van der Waals surface area contributed by atoms with Crippen molar-refractivity contribution in [2.45, 2.75) is 12.5 Å². The first kappa shape index (κ1) is 23.7. The zero-order chi connectivity index (χ0) is 23.9. The summed E-state index contributed by atoms with van der Waals surface area (Å²) in [4.78, 5) is 34.3. The third kappa shape index (κ3) is 5.18. The molecular weight excluding hydrogens is 434 g/mol. The smallest absolute Gasteiger partial charge is 0.295 e. The number of hydrogen-bond donors (Lipinski definition) is 1. The van der Waals surface area contributed by atoms with Gasteiger partial charge >= 0.3 is 0 Å². The zero-order valence-corrected chi connectivity index (χ0v) is 19.1. The van der Waals surface area contributed by atoms with Gasteiger partial charge in [0.1, 0.15) is 24.2 Å². The molecule has 1 amide bonds. The highest BCUT2D eigenvalue weighted by Crippen LogP contribution is 2.38. The van der Waals surface area contributed by atoms with Crippen molar-refractivity contribution in [3.8, 4) is 5.75 Å². The number of amides is 1. The molecular formula is C26H29N3O5. The molecule has 1 aromatic heterocycles. The molecule has 1 aromatic carbocycles. The Morgan fingerprint density at radius 1 is 1.15 bits per heavy atom. The van der Waals surface area contributed by atoms with E-state index in [4.69, 9.17) is 9.47 Å². The topological polar surface area (TPSA) is 92.2 Å². The Kier molecular flexibility index (Phi) is 7.72. The van der Waals surface area contributed by atoms with Crippen LogP contribution >= 0.6 is 0 Å². The lowest BCUT2D eigenvalue weighted by Gasteiger charge is -2.28. The molecule has 8 nitrogen and oxygen atoms in total. The molecule has 2 saturated heterocycles. The van der Waals surface area contributed by atoms with Crippen LogP contribution in [0.1, 0.15) is 23.7 Å². The number of Topliss-reactive ketones (excluding diaryl/α,β-unsaturated/α-hetero) is 1.